The Kier molecular flexibility index (Phi) is 4.45. The third-order valence-electron chi connectivity index (χ3n) is 4.33. The van der Waals surface area contributed by atoms with Gasteiger partial charge in [-0.3, -0.25) is 10.1 Å². The number of hydrogen-bond acceptors (Lipinski definition) is 5. The topological polar surface area (TPSA) is 91.8 Å². The lowest BCUT2D eigenvalue weighted by Crippen LogP contribution is -2.38. The van der Waals surface area contributed by atoms with Gasteiger partial charge in [0, 0.05) is 30.5 Å². The number of aromatic nitrogens is 4. The van der Waals surface area contributed by atoms with Crippen LogP contribution in [0, 0.1) is 12.8 Å². The van der Waals surface area contributed by atoms with Crippen molar-refractivity contribution in [2.45, 2.75) is 26.2 Å². The molecular formula is C15H21N5O2S. The van der Waals surface area contributed by atoms with Crippen LogP contribution in [0.3, 0.4) is 0 Å². The van der Waals surface area contributed by atoms with Gasteiger partial charge < -0.3 is 0 Å². The van der Waals surface area contributed by atoms with Gasteiger partial charge in [0.05, 0.1) is 30.0 Å². The first-order chi connectivity index (χ1) is 10.9. The Labute approximate surface area is 136 Å². The third-order valence-corrected chi connectivity index (χ3v) is 5.63. The van der Waals surface area contributed by atoms with Gasteiger partial charge in [0.25, 0.3) is 0 Å². The Hall–Kier alpha value is -1.80. The molecule has 23 heavy (non-hydrogen) atoms. The Bertz CT molecular complexity index is 779. The summed E-state index contributed by atoms with van der Waals surface area (Å²) in [6, 6.07) is 0. The van der Waals surface area contributed by atoms with Crippen molar-refractivity contribution in [3.63, 3.8) is 0 Å². The molecule has 0 saturated carbocycles. The highest BCUT2D eigenvalue weighted by Crippen LogP contribution is 2.24. The van der Waals surface area contributed by atoms with Crippen LogP contribution in [-0.2, 0) is 16.4 Å². The smallest absolute Gasteiger partial charge is 0.211 e. The molecule has 1 aliphatic rings. The van der Waals surface area contributed by atoms with E-state index in [0.717, 1.165) is 41.9 Å². The van der Waals surface area contributed by atoms with Crippen LogP contribution in [0.25, 0.3) is 11.3 Å². The molecule has 1 N–H and O–H groups in total. The number of H-pyrrole nitrogens is 1. The standard InChI is InChI=1S/C15H21N5O2S/c1-11-14(9-17-19-11)15-10-16-8-13(18-15)7-12-3-5-20(6-4-12)23(2,21)22/h8-10,12H,3-7H2,1-2H3,(H,17,19). The molecule has 3 rings (SSSR count). The maximum absolute atomic E-state index is 11.6. The molecule has 124 valence electrons. The van der Waals surface area contributed by atoms with Gasteiger partial charge in [-0.25, -0.2) is 17.7 Å². The molecule has 8 heteroatoms. The lowest BCUT2D eigenvalue weighted by atomic mass is 9.93. The molecular weight excluding hydrogens is 314 g/mol. The summed E-state index contributed by atoms with van der Waals surface area (Å²) in [7, 11) is -3.07. The number of nitrogens with zero attached hydrogens (tertiary/aromatic N) is 4. The summed E-state index contributed by atoms with van der Waals surface area (Å²) in [5, 5.41) is 6.93. The average Bonchev–Trinajstić information content (AvgIpc) is 2.93. The van der Waals surface area contributed by atoms with E-state index in [-0.39, 0.29) is 0 Å². The van der Waals surface area contributed by atoms with Crippen LogP contribution in [0.5, 0.6) is 0 Å². The van der Waals surface area contributed by atoms with Crippen molar-refractivity contribution in [2.75, 3.05) is 19.3 Å². The molecule has 0 aliphatic carbocycles. The first-order valence-electron chi connectivity index (χ1n) is 7.70. The van der Waals surface area contributed by atoms with E-state index in [4.69, 9.17) is 0 Å². The number of rotatable bonds is 4. The molecule has 0 aromatic carbocycles. The van der Waals surface area contributed by atoms with Crippen molar-refractivity contribution in [3.8, 4) is 11.3 Å². The Morgan fingerprint density at radius 2 is 2.00 bits per heavy atom. The van der Waals surface area contributed by atoms with Gasteiger partial charge >= 0.3 is 0 Å². The number of sulfonamides is 1. The molecule has 2 aromatic rings. The van der Waals surface area contributed by atoms with Gasteiger partial charge in [0.15, 0.2) is 0 Å². The zero-order valence-electron chi connectivity index (χ0n) is 13.4. The Morgan fingerprint density at radius 1 is 1.26 bits per heavy atom. The lowest BCUT2D eigenvalue weighted by molar-refractivity contribution is 0.273. The maximum atomic E-state index is 11.6. The van der Waals surface area contributed by atoms with Crippen molar-refractivity contribution < 1.29 is 8.42 Å². The number of hydrogen-bond donors (Lipinski definition) is 1. The molecule has 3 heterocycles. The normalized spacial score (nSPS) is 17.5. The summed E-state index contributed by atoms with van der Waals surface area (Å²) in [4.78, 5) is 8.97. The molecule has 0 atom stereocenters. The summed E-state index contributed by atoms with van der Waals surface area (Å²) < 4.78 is 24.7. The van der Waals surface area contributed by atoms with Crippen LogP contribution < -0.4 is 0 Å². The van der Waals surface area contributed by atoms with E-state index in [1.54, 1.807) is 22.9 Å². The van der Waals surface area contributed by atoms with E-state index in [1.807, 2.05) is 6.92 Å². The summed E-state index contributed by atoms with van der Waals surface area (Å²) in [5.74, 6) is 0.447. The fourth-order valence-electron chi connectivity index (χ4n) is 2.98. The van der Waals surface area contributed by atoms with Crippen LogP contribution >= 0.6 is 0 Å². The van der Waals surface area contributed by atoms with E-state index in [1.165, 1.54) is 6.26 Å². The van der Waals surface area contributed by atoms with Gasteiger partial charge in [-0.1, -0.05) is 0 Å². The average molecular weight is 335 g/mol. The molecule has 2 aromatic heterocycles. The predicted octanol–water partition coefficient (Wildman–Crippen LogP) is 1.39. The molecule has 1 saturated heterocycles. The van der Waals surface area contributed by atoms with Gasteiger partial charge in [-0.05, 0) is 32.1 Å². The molecule has 0 radical (unpaired) electrons. The van der Waals surface area contributed by atoms with Crippen LogP contribution in [-0.4, -0.2) is 52.2 Å². The second-order valence-electron chi connectivity index (χ2n) is 6.11. The van der Waals surface area contributed by atoms with E-state index < -0.39 is 10.0 Å². The van der Waals surface area contributed by atoms with Crippen molar-refractivity contribution >= 4 is 10.0 Å². The minimum Gasteiger partial charge on any atom is -0.282 e. The number of aromatic amines is 1. The first-order valence-corrected chi connectivity index (χ1v) is 9.54. The fourth-order valence-corrected chi connectivity index (χ4v) is 3.86. The molecule has 0 spiro atoms. The SMILES string of the molecule is Cc1[nH]ncc1-c1cncc(CC2CCN(S(C)(=O)=O)CC2)n1. The van der Waals surface area contributed by atoms with Gasteiger partial charge in [0.2, 0.25) is 10.0 Å². The highest BCUT2D eigenvalue weighted by atomic mass is 32.2. The van der Waals surface area contributed by atoms with Crippen LogP contribution in [0.4, 0.5) is 0 Å². The van der Waals surface area contributed by atoms with Crippen LogP contribution in [0.15, 0.2) is 18.6 Å². The second-order valence-corrected chi connectivity index (χ2v) is 8.10. The largest absolute Gasteiger partial charge is 0.282 e. The first kappa shape index (κ1) is 16.1. The van der Waals surface area contributed by atoms with Gasteiger partial charge in [-0.2, -0.15) is 5.10 Å². The molecule has 0 amide bonds. The molecule has 0 bridgehead atoms. The third kappa shape index (κ3) is 3.76. The number of piperidine rings is 1. The van der Waals surface area contributed by atoms with Crippen LogP contribution in [0.2, 0.25) is 0 Å². The van der Waals surface area contributed by atoms with E-state index in [2.05, 4.69) is 20.2 Å². The molecule has 7 nitrogen and oxygen atoms in total. The van der Waals surface area contributed by atoms with Crippen molar-refractivity contribution in [1.82, 2.24) is 24.5 Å². The zero-order valence-corrected chi connectivity index (χ0v) is 14.2. The fraction of sp³-hybridized carbons (Fsp3) is 0.533. The van der Waals surface area contributed by atoms with E-state index in [0.29, 0.717) is 19.0 Å². The van der Waals surface area contributed by atoms with E-state index >= 15 is 0 Å². The zero-order chi connectivity index (χ0) is 16.4. The van der Waals surface area contributed by atoms with Gasteiger partial charge in [0.1, 0.15) is 0 Å². The van der Waals surface area contributed by atoms with E-state index in [9.17, 15) is 8.42 Å². The minimum atomic E-state index is -3.07. The Balaban J connectivity index is 1.67. The number of nitrogens with one attached hydrogen (secondary N) is 1. The Morgan fingerprint density at radius 3 is 2.61 bits per heavy atom. The van der Waals surface area contributed by atoms with Crippen molar-refractivity contribution in [3.05, 3.63) is 30.0 Å². The highest BCUT2D eigenvalue weighted by molar-refractivity contribution is 7.88. The van der Waals surface area contributed by atoms with Crippen molar-refractivity contribution in [2.24, 2.45) is 5.92 Å². The maximum Gasteiger partial charge on any atom is 0.211 e. The van der Waals surface area contributed by atoms with Crippen LogP contribution in [0.1, 0.15) is 24.2 Å². The molecule has 0 unspecified atom stereocenters. The lowest BCUT2D eigenvalue weighted by Gasteiger charge is -2.30. The predicted molar refractivity (Wildman–Crippen MR) is 87.2 cm³/mol. The number of aryl methyl sites for hydroxylation is 1. The van der Waals surface area contributed by atoms with Gasteiger partial charge in [-0.15, -0.1) is 0 Å². The quantitative estimate of drug-likeness (QED) is 0.911. The summed E-state index contributed by atoms with van der Waals surface area (Å²) in [5.41, 5.74) is 3.70. The summed E-state index contributed by atoms with van der Waals surface area (Å²) in [6.07, 6.45) is 9.13. The van der Waals surface area contributed by atoms with Crippen molar-refractivity contribution in [1.29, 1.82) is 0 Å². The monoisotopic (exact) mass is 335 g/mol. The highest BCUT2D eigenvalue weighted by Gasteiger charge is 2.25. The summed E-state index contributed by atoms with van der Waals surface area (Å²) >= 11 is 0. The minimum absolute atomic E-state index is 0.447. The molecule has 1 fully saturated rings. The second kappa shape index (κ2) is 6.37. The summed E-state index contributed by atoms with van der Waals surface area (Å²) in [6.45, 7) is 3.15. The molecule has 1 aliphatic heterocycles.